The van der Waals surface area contributed by atoms with E-state index in [0.29, 0.717) is 6.04 Å². The lowest BCUT2D eigenvalue weighted by atomic mass is 10.2. The molecular formula is C13H28N2O. The molecule has 0 aromatic rings. The van der Waals surface area contributed by atoms with Gasteiger partial charge in [0.15, 0.2) is 0 Å². The van der Waals surface area contributed by atoms with E-state index < -0.39 is 0 Å². The molecule has 1 fully saturated rings. The lowest BCUT2D eigenvalue weighted by Gasteiger charge is -2.28. The van der Waals surface area contributed by atoms with E-state index in [2.05, 4.69) is 24.1 Å². The minimum atomic E-state index is 0.665. The fourth-order valence-electron chi connectivity index (χ4n) is 1.87. The number of rotatable bonds is 10. The minimum absolute atomic E-state index is 0.665. The van der Waals surface area contributed by atoms with E-state index in [1.54, 1.807) is 7.11 Å². The Labute approximate surface area is 101 Å². The van der Waals surface area contributed by atoms with Crippen LogP contribution in [0.3, 0.4) is 0 Å². The van der Waals surface area contributed by atoms with Crippen LogP contribution in [-0.4, -0.2) is 50.8 Å². The van der Waals surface area contributed by atoms with E-state index in [4.69, 9.17) is 4.74 Å². The Morgan fingerprint density at radius 1 is 1.38 bits per heavy atom. The van der Waals surface area contributed by atoms with Gasteiger partial charge in [0.25, 0.3) is 0 Å². The van der Waals surface area contributed by atoms with Gasteiger partial charge in [-0.2, -0.15) is 0 Å². The van der Waals surface area contributed by atoms with Gasteiger partial charge >= 0.3 is 0 Å². The second-order valence-corrected chi connectivity index (χ2v) is 4.93. The molecule has 1 N–H and O–H groups in total. The molecule has 1 unspecified atom stereocenters. The van der Waals surface area contributed by atoms with Gasteiger partial charge in [-0.3, -0.25) is 4.90 Å². The van der Waals surface area contributed by atoms with Gasteiger partial charge in [0.05, 0.1) is 6.61 Å². The summed E-state index contributed by atoms with van der Waals surface area (Å²) in [5, 5.41) is 3.55. The van der Waals surface area contributed by atoms with Crippen molar-refractivity contribution in [1.82, 2.24) is 10.2 Å². The molecule has 3 nitrogen and oxygen atoms in total. The largest absolute Gasteiger partial charge is 0.383 e. The molecule has 0 heterocycles. The van der Waals surface area contributed by atoms with E-state index in [-0.39, 0.29) is 0 Å². The van der Waals surface area contributed by atoms with Crippen molar-refractivity contribution in [3.8, 4) is 0 Å². The van der Waals surface area contributed by atoms with Crippen LogP contribution in [0.1, 0.15) is 33.1 Å². The highest BCUT2D eigenvalue weighted by Crippen LogP contribution is 2.27. The topological polar surface area (TPSA) is 24.5 Å². The Morgan fingerprint density at radius 3 is 2.69 bits per heavy atom. The molecule has 1 aliphatic rings. The number of ether oxygens (including phenoxy) is 1. The van der Waals surface area contributed by atoms with Gasteiger partial charge in [0.1, 0.15) is 0 Å². The highest BCUT2D eigenvalue weighted by Gasteiger charge is 2.20. The quantitative estimate of drug-likeness (QED) is 0.576. The second kappa shape index (κ2) is 8.04. The summed E-state index contributed by atoms with van der Waals surface area (Å²) in [7, 11) is 1.78. The third-order valence-electron chi connectivity index (χ3n) is 3.50. The molecule has 0 amide bonds. The maximum absolute atomic E-state index is 5.16. The van der Waals surface area contributed by atoms with Gasteiger partial charge in [-0.1, -0.05) is 6.92 Å². The zero-order chi connectivity index (χ0) is 11.8. The van der Waals surface area contributed by atoms with Crippen molar-refractivity contribution in [1.29, 1.82) is 0 Å². The van der Waals surface area contributed by atoms with Crippen LogP contribution in [0, 0.1) is 5.92 Å². The van der Waals surface area contributed by atoms with Crippen LogP contribution >= 0.6 is 0 Å². The zero-order valence-electron chi connectivity index (χ0n) is 11.2. The van der Waals surface area contributed by atoms with Crippen LogP contribution in [0.15, 0.2) is 0 Å². The molecule has 1 rings (SSSR count). The first kappa shape index (κ1) is 13.9. The smallest absolute Gasteiger partial charge is 0.0589 e. The summed E-state index contributed by atoms with van der Waals surface area (Å²) in [6.07, 6.45) is 4.09. The van der Waals surface area contributed by atoms with E-state index in [1.807, 2.05) is 0 Å². The molecule has 0 saturated heterocycles. The molecule has 16 heavy (non-hydrogen) atoms. The van der Waals surface area contributed by atoms with Crippen molar-refractivity contribution in [3.05, 3.63) is 0 Å². The normalized spacial score (nSPS) is 18.0. The predicted octanol–water partition coefficient (Wildman–Crippen LogP) is 1.73. The molecule has 3 heteroatoms. The number of methoxy groups -OCH3 is 1. The fraction of sp³-hybridized carbons (Fsp3) is 1.00. The van der Waals surface area contributed by atoms with E-state index >= 15 is 0 Å². The van der Waals surface area contributed by atoms with Crippen molar-refractivity contribution in [2.24, 2.45) is 5.92 Å². The van der Waals surface area contributed by atoms with E-state index in [1.165, 1.54) is 25.8 Å². The summed E-state index contributed by atoms with van der Waals surface area (Å²) in [4.78, 5) is 2.52. The van der Waals surface area contributed by atoms with Crippen LogP contribution in [0.25, 0.3) is 0 Å². The molecule has 1 aliphatic carbocycles. The van der Waals surface area contributed by atoms with Crippen molar-refractivity contribution >= 4 is 0 Å². The first-order chi connectivity index (χ1) is 7.77. The molecule has 0 bridgehead atoms. The summed E-state index contributed by atoms with van der Waals surface area (Å²) in [5.41, 5.74) is 0. The lowest BCUT2D eigenvalue weighted by molar-refractivity contribution is 0.123. The lowest BCUT2D eigenvalue weighted by Crippen LogP contribution is -2.40. The third-order valence-corrected chi connectivity index (χ3v) is 3.50. The van der Waals surface area contributed by atoms with E-state index in [9.17, 15) is 0 Å². The SMILES string of the molecule is CCC(C)N(CCNCC1CC1)CCOC. The Balaban J connectivity index is 2.08. The Bertz CT molecular complexity index is 171. The molecule has 0 aromatic heterocycles. The average molecular weight is 228 g/mol. The maximum Gasteiger partial charge on any atom is 0.0589 e. The van der Waals surface area contributed by atoms with Crippen LogP contribution in [-0.2, 0) is 4.74 Å². The maximum atomic E-state index is 5.16. The van der Waals surface area contributed by atoms with Gasteiger partial charge in [0.2, 0.25) is 0 Å². The van der Waals surface area contributed by atoms with Crippen LogP contribution in [0.4, 0.5) is 0 Å². The second-order valence-electron chi connectivity index (χ2n) is 4.93. The summed E-state index contributed by atoms with van der Waals surface area (Å²) in [5.74, 6) is 0.982. The highest BCUT2D eigenvalue weighted by atomic mass is 16.5. The highest BCUT2D eigenvalue weighted by molar-refractivity contribution is 4.76. The van der Waals surface area contributed by atoms with Crippen LogP contribution in [0.5, 0.6) is 0 Å². The van der Waals surface area contributed by atoms with Crippen molar-refractivity contribution in [2.45, 2.75) is 39.2 Å². The van der Waals surface area contributed by atoms with Crippen LogP contribution < -0.4 is 5.32 Å². The minimum Gasteiger partial charge on any atom is -0.383 e. The zero-order valence-corrected chi connectivity index (χ0v) is 11.2. The van der Waals surface area contributed by atoms with Crippen molar-refractivity contribution in [2.75, 3.05) is 39.9 Å². The first-order valence-electron chi connectivity index (χ1n) is 6.71. The van der Waals surface area contributed by atoms with Crippen molar-refractivity contribution in [3.63, 3.8) is 0 Å². The molecule has 1 saturated carbocycles. The van der Waals surface area contributed by atoms with Gasteiger partial charge in [-0.15, -0.1) is 0 Å². The number of nitrogens with one attached hydrogen (secondary N) is 1. The number of hydrogen-bond acceptors (Lipinski definition) is 3. The Hall–Kier alpha value is -0.120. The van der Waals surface area contributed by atoms with Gasteiger partial charge in [0, 0.05) is 32.8 Å². The molecular weight excluding hydrogens is 200 g/mol. The summed E-state index contributed by atoms with van der Waals surface area (Å²) in [6.45, 7) is 9.93. The molecule has 1 atom stereocenters. The monoisotopic (exact) mass is 228 g/mol. The van der Waals surface area contributed by atoms with Gasteiger partial charge in [-0.25, -0.2) is 0 Å². The molecule has 0 spiro atoms. The average Bonchev–Trinajstić information content (AvgIpc) is 3.11. The van der Waals surface area contributed by atoms with Gasteiger partial charge in [-0.05, 0) is 38.6 Å². The summed E-state index contributed by atoms with van der Waals surface area (Å²) < 4.78 is 5.16. The van der Waals surface area contributed by atoms with E-state index in [0.717, 1.165) is 32.2 Å². The van der Waals surface area contributed by atoms with Crippen molar-refractivity contribution < 1.29 is 4.74 Å². The molecule has 96 valence electrons. The third kappa shape index (κ3) is 5.83. The number of nitrogens with zero attached hydrogens (tertiary/aromatic N) is 1. The Kier molecular flexibility index (Phi) is 7.01. The molecule has 0 aromatic carbocycles. The first-order valence-corrected chi connectivity index (χ1v) is 6.71. The van der Waals surface area contributed by atoms with Crippen LogP contribution in [0.2, 0.25) is 0 Å². The Morgan fingerprint density at radius 2 is 2.12 bits per heavy atom. The molecule has 0 radical (unpaired) electrons. The number of hydrogen-bond donors (Lipinski definition) is 1. The summed E-state index contributed by atoms with van der Waals surface area (Å²) in [6, 6.07) is 0.665. The molecule has 0 aliphatic heterocycles. The predicted molar refractivity (Wildman–Crippen MR) is 68.8 cm³/mol. The summed E-state index contributed by atoms with van der Waals surface area (Å²) >= 11 is 0. The fourth-order valence-corrected chi connectivity index (χ4v) is 1.87. The van der Waals surface area contributed by atoms with Gasteiger partial charge < -0.3 is 10.1 Å². The standard InChI is InChI=1S/C13H28N2O/c1-4-12(2)15(9-10-16-3)8-7-14-11-13-5-6-13/h12-14H,4-11H2,1-3H3.